The molecule has 0 spiro atoms. The third-order valence-electron chi connectivity index (χ3n) is 4.62. The summed E-state index contributed by atoms with van der Waals surface area (Å²) < 4.78 is 2.11. The predicted octanol–water partition coefficient (Wildman–Crippen LogP) is 5.98. The van der Waals surface area contributed by atoms with E-state index in [9.17, 15) is 5.11 Å². The van der Waals surface area contributed by atoms with Crippen molar-refractivity contribution in [3.8, 4) is 5.75 Å². The lowest BCUT2D eigenvalue weighted by Crippen LogP contribution is -2.18. The zero-order valence-electron chi connectivity index (χ0n) is 16.4. The first kappa shape index (κ1) is 20.3. The van der Waals surface area contributed by atoms with Gasteiger partial charge in [-0.25, -0.2) is 0 Å². The highest BCUT2D eigenvalue weighted by atomic mass is 32.1. The fourth-order valence-corrected chi connectivity index (χ4v) is 3.73. The molecule has 0 atom stereocenters. The maximum Gasteiger partial charge on any atom is 0.123 e. The standard InChI is InChI=1S/C21H31NOS2/c1-8-22-12-14(18(24)19(22)25)9-13-10-15(20(2,3)4)17(23)16(11-13)21(5,6)7/h10-12,23-25H,8-9H2,1-7H3. The molecular weight excluding hydrogens is 346 g/mol. The van der Waals surface area contributed by atoms with Gasteiger partial charge in [0.15, 0.2) is 0 Å². The molecule has 0 saturated carbocycles. The van der Waals surface area contributed by atoms with E-state index in [4.69, 9.17) is 0 Å². The van der Waals surface area contributed by atoms with E-state index < -0.39 is 0 Å². The number of aromatic nitrogens is 1. The summed E-state index contributed by atoms with van der Waals surface area (Å²) in [6, 6.07) is 4.28. The average Bonchev–Trinajstić information content (AvgIpc) is 2.74. The lowest BCUT2D eigenvalue weighted by atomic mass is 9.78. The van der Waals surface area contributed by atoms with Crippen molar-refractivity contribution < 1.29 is 5.11 Å². The second-order valence-electron chi connectivity index (χ2n) is 8.83. The van der Waals surface area contributed by atoms with Gasteiger partial charge >= 0.3 is 0 Å². The molecule has 2 aromatic rings. The van der Waals surface area contributed by atoms with Gasteiger partial charge in [0.05, 0.1) is 5.03 Å². The fraction of sp³-hybridized carbons (Fsp3) is 0.524. The summed E-state index contributed by atoms with van der Waals surface area (Å²) in [5.41, 5.74) is 4.13. The molecule has 0 aliphatic heterocycles. The van der Waals surface area contributed by atoms with Crippen LogP contribution in [0.5, 0.6) is 5.75 Å². The Morgan fingerprint density at radius 3 is 1.80 bits per heavy atom. The minimum atomic E-state index is -0.117. The first-order chi connectivity index (χ1) is 11.4. The smallest absolute Gasteiger partial charge is 0.123 e. The zero-order valence-corrected chi connectivity index (χ0v) is 18.2. The Kier molecular flexibility index (Phi) is 5.65. The van der Waals surface area contributed by atoms with Gasteiger partial charge in [-0.3, -0.25) is 0 Å². The molecule has 0 aliphatic carbocycles. The first-order valence-electron chi connectivity index (χ1n) is 8.83. The van der Waals surface area contributed by atoms with Crippen LogP contribution >= 0.6 is 25.3 Å². The highest BCUT2D eigenvalue weighted by Gasteiger charge is 2.26. The summed E-state index contributed by atoms with van der Waals surface area (Å²) in [5, 5.41) is 11.8. The van der Waals surface area contributed by atoms with E-state index in [0.717, 1.165) is 34.0 Å². The lowest BCUT2D eigenvalue weighted by molar-refractivity contribution is 0.423. The van der Waals surface area contributed by atoms with E-state index in [-0.39, 0.29) is 10.8 Å². The molecule has 1 heterocycles. The topological polar surface area (TPSA) is 25.2 Å². The molecule has 0 amide bonds. The van der Waals surface area contributed by atoms with E-state index >= 15 is 0 Å². The molecule has 25 heavy (non-hydrogen) atoms. The minimum Gasteiger partial charge on any atom is -0.507 e. The van der Waals surface area contributed by atoms with Crippen molar-refractivity contribution >= 4 is 25.3 Å². The number of hydrogen-bond acceptors (Lipinski definition) is 3. The fourth-order valence-electron chi connectivity index (χ4n) is 3.12. The average molecular weight is 378 g/mol. The van der Waals surface area contributed by atoms with Gasteiger partial charge < -0.3 is 9.67 Å². The number of rotatable bonds is 3. The Hall–Kier alpha value is -1.000. The highest BCUT2D eigenvalue weighted by Crippen LogP contribution is 2.40. The summed E-state index contributed by atoms with van der Waals surface area (Å²) in [4.78, 5) is 0.938. The van der Waals surface area contributed by atoms with Crippen LogP contribution in [-0.2, 0) is 23.8 Å². The molecule has 1 N–H and O–H groups in total. The third-order valence-corrected chi connectivity index (χ3v) is 5.78. The van der Waals surface area contributed by atoms with Crippen LogP contribution in [-0.4, -0.2) is 9.67 Å². The molecule has 2 nitrogen and oxygen atoms in total. The summed E-state index contributed by atoms with van der Waals surface area (Å²) >= 11 is 9.23. The van der Waals surface area contributed by atoms with Crippen LogP contribution in [0.15, 0.2) is 28.3 Å². The normalized spacial score (nSPS) is 12.7. The Morgan fingerprint density at radius 2 is 1.44 bits per heavy atom. The van der Waals surface area contributed by atoms with Crippen LogP contribution in [0.3, 0.4) is 0 Å². The van der Waals surface area contributed by atoms with Crippen molar-refractivity contribution in [2.45, 2.75) is 82.2 Å². The van der Waals surface area contributed by atoms with Crippen molar-refractivity contribution in [3.05, 3.63) is 40.6 Å². The van der Waals surface area contributed by atoms with Gasteiger partial charge in [-0.05, 0) is 40.0 Å². The van der Waals surface area contributed by atoms with E-state index in [0.29, 0.717) is 5.75 Å². The number of aryl methyl sites for hydroxylation is 1. The van der Waals surface area contributed by atoms with Gasteiger partial charge in [-0.2, -0.15) is 0 Å². The van der Waals surface area contributed by atoms with Gasteiger partial charge in [-0.15, -0.1) is 25.3 Å². The van der Waals surface area contributed by atoms with Crippen molar-refractivity contribution in [2.75, 3.05) is 0 Å². The van der Waals surface area contributed by atoms with Crippen LogP contribution in [0.25, 0.3) is 0 Å². The number of thiol groups is 2. The third kappa shape index (κ3) is 4.22. The predicted molar refractivity (Wildman–Crippen MR) is 113 cm³/mol. The Bertz CT molecular complexity index is 741. The Labute approximate surface area is 163 Å². The largest absolute Gasteiger partial charge is 0.507 e. The monoisotopic (exact) mass is 377 g/mol. The number of hydrogen-bond donors (Lipinski definition) is 3. The van der Waals surface area contributed by atoms with E-state index in [2.05, 4.69) is 96.6 Å². The molecule has 0 saturated heterocycles. The maximum atomic E-state index is 10.9. The summed E-state index contributed by atoms with van der Waals surface area (Å²) in [7, 11) is 0. The van der Waals surface area contributed by atoms with Crippen molar-refractivity contribution in [1.29, 1.82) is 0 Å². The lowest BCUT2D eigenvalue weighted by Gasteiger charge is -2.28. The van der Waals surface area contributed by atoms with Gasteiger partial charge in [0.1, 0.15) is 5.75 Å². The summed E-state index contributed by atoms with van der Waals surface area (Å²) in [5.74, 6) is 0.427. The van der Waals surface area contributed by atoms with Crippen molar-refractivity contribution in [2.24, 2.45) is 0 Å². The van der Waals surface area contributed by atoms with Crippen LogP contribution < -0.4 is 0 Å². The minimum absolute atomic E-state index is 0.117. The van der Waals surface area contributed by atoms with E-state index in [1.165, 1.54) is 11.1 Å². The van der Waals surface area contributed by atoms with E-state index in [1.807, 2.05) is 0 Å². The van der Waals surface area contributed by atoms with Crippen LogP contribution in [0.1, 0.15) is 70.7 Å². The second-order valence-corrected chi connectivity index (χ2v) is 9.70. The number of phenolic OH excluding ortho intramolecular Hbond substituents is 1. The van der Waals surface area contributed by atoms with Crippen LogP contribution in [0, 0.1) is 0 Å². The molecule has 0 radical (unpaired) electrons. The molecule has 138 valence electrons. The second kappa shape index (κ2) is 6.96. The number of aromatic hydroxyl groups is 1. The Balaban J connectivity index is 2.59. The number of nitrogens with zero attached hydrogens (tertiary/aromatic N) is 1. The van der Waals surface area contributed by atoms with Gasteiger partial charge in [0.2, 0.25) is 0 Å². The quantitative estimate of drug-likeness (QED) is 0.564. The molecule has 0 aliphatic rings. The van der Waals surface area contributed by atoms with Crippen LogP contribution in [0.2, 0.25) is 0 Å². The van der Waals surface area contributed by atoms with Crippen molar-refractivity contribution in [3.63, 3.8) is 0 Å². The first-order valence-corrected chi connectivity index (χ1v) is 9.72. The molecular formula is C21H31NOS2. The number of benzene rings is 1. The zero-order chi connectivity index (χ0) is 19.2. The molecule has 2 rings (SSSR count). The summed E-state index contributed by atoms with van der Waals surface area (Å²) in [6.07, 6.45) is 2.91. The highest BCUT2D eigenvalue weighted by molar-refractivity contribution is 7.83. The van der Waals surface area contributed by atoms with Crippen molar-refractivity contribution in [1.82, 2.24) is 4.57 Å². The van der Waals surface area contributed by atoms with Gasteiger partial charge in [0, 0.05) is 24.1 Å². The SMILES string of the molecule is CCn1cc(Cc2cc(C(C)(C)C)c(O)c(C(C)(C)C)c2)c(S)c1S. The molecule has 1 aromatic carbocycles. The molecule has 0 bridgehead atoms. The molecule has 0 fully saturated rings. The van der Waals surface area contributed by atoms with E-state index in [1.54, 1.807) is 0 Å². The molecule has 1 aromatic heterocycles. The number of phenols is 1. The maximum absolute atomic E-state index is 10.9. The van der Waals surface area contributed by atoms with Crippen LogP contribution in [0.4, 0.5) is 0 Å². The van der Waals surface area contributed by atoms with Gasteiger partial charge in [0.25, 0.3) is 0 Å². The summed E-state index contributed by atoms with van der Waals surface area (Å²) in [6.45, 7) is 15.8. The Morgan fingerprint density at radius 1 is 0.960 bits per heavy atom. The molecule has 4 heteroatoms. The molecule has 0 unspecified atom stereocenters. The van der Waals surface area contributed by atoms with Gasteiger partial charge in [-0.1, -0.05) is 53.7 Å².